The van der Waals surface area contributed by atoms with Crippen LogP contribution in [0.15, 0.2) is 71.5 Å². The zero-order valence-electron chi connectivity index (χ0n) is 16.7. The van der Waals surface area contributed by atoms with Gasteiger partial charge in [-0.2, -0.15) is 0 Å². The van der Waals surface area contributed by atoms with Crippen LogP contribution >= 0.6 is 23.1 Å². The number of hydrogen-bond acceptors (Lipinski definition) is 6. The molecule has 2 amide bonds. The lowest BCUT2D eigenvalue weighted by molar-refractivity contribution is -0.119. The van der Waals surface area contributed by atoms with Crippen molar-refractivity contribution in [1.29, 1.82) is 0 Å². The number of rotatable bonds is 7. The number of nitrogens with zero attached hydrogens (tertiary/aromatic N) is 4. The Morgan fingerprint density at radius 1 is 1.03 bits per heavy atom. The summed E-state index contributed by atoms with van der Waals surface area (Å²) in [7, 11) is 0. The van der Waals surface area contributed by atoms with Crippen LogP contribution in [0.4, 0.5) is 0 Å². The van der Waals surface area contributed by atoms with E-state index in [1.165, 1.54) is 11.8 Å². The minimum atomic E-state index is -0.389. The molecule has 0 fully saturated rings. The molecule has 0 atom stereocenters. The third kappa shape index (κ3) is 4.70. The Morgan fingerprint density at radius 3 is 2.58 bits per heavy atom. The third-order valence-corrected chi connectivity index (χ3v) is 6.29. The molecular formula is C21H20N6O2S2. The van der Waals surface area contributed by atoms with Crippen molar-refractivity contribution in [3.8, 4) is 16.4 Å². The lowest BCUT2D eigenvalue weighted by atomic mass is 10.1. The normalized spacial score (nSPS) is 10.7. The Labute approximate surface area is 187 Å². The van der Waals surface area contributed by atoms with Crippen LogP contribution in [0.3, 0.4) is 0 Å². The van der Waals surface area contributed by atoms with Crippen LogP contribution in [-0.2, 0) is 11.3 Å². The minimum Gasteiger partial charge on any atom is -0.323 e. The van der Waals surface area contributed by atoms with Gasteiger partial charge < -0.3 is 9.13 Å². The average Bonchev–Trinajstić information content (AvgIpc) is 3.56. The summed E-state index contributed by atoms with van der Waals surface area (Å²) in [5.41, 5.74) is 6.14. The van der Waals surface area contributed by atoms with Crippen molar-refractivity contribution in [3.63, 3.8) is 0 Å². The summed E-state index contributed by atoms with van der Waals surface area (Å²) in [5.74, 6) is 0.164. The Morgan fingerprint density at radius 2 is 1.84 bits per heavy atom. The second kappa shape index (κ2) is 9.63. The van der Waals surface area contributed by atoms with Gasteiger partial charge in [-0.15, -0.1) is 21.5 Å². The number of para-hydroxylation sites is 1. The molecule has 3 aromatic heterocycles. The molecule has 1 aromatic carbocycles. The molecule has 0 unspecified atom stereocenters. The fourth-order valence-electron chi connectivity index (χ4n) is 3.01. The topological polar surface area (TPSA) is 93.8 Å². The zero-order chi connectivity index (χ0) is 21.6. The SMILES string of the molecule is CCn1c(SCC(=O)NNC(=O)c2ccccc2-n2cccc2)nnc1-c1cccs1. The monoisotopic (exact) mass is 452 g/mol. The molecule has 0 radical (unpaired) electrons. The van der Waals surface area contributed by atoms with E-state index in [4.69, 9.17) is 0 Å². The van der Waals surface area contributed by atoms with E-state index in [2.05, 4.69) is 21.0 Å². The maximum atomic E-state index is 12.6. The first-order valence-electron chi connectivity index (χ1n) is 9.58. The van der Waals surface area contributed by atoms with Gasteiger partial charge in [-0.1, -0.05) is 30.0 Å². The molecule has 3 heterocycles. The maximum absolute atomic E-state index is 12.6. The van der Waals surface area contributed by atoms with Gasteiger partial charge in [0, 0.05) is 18.9 Å². The Hall–Kier alpha value is -3.37. The summed E-state index contributed by atoms with van der Waals surface area (Å²) in [4.78, 5) is 25.9. The quantitative estimate of drug-likeness (QED) is 0.331. The zero-order valence-corrected chi connectivity index (χ0v) is 18.3. The average molecular weight is 453 g/mol. The lowest BCUT2D eigenvalue weighted by Gasteiger charge is -2.12. The molecule has 0 saturated heterocycles. The van der Waals surface area contributed by atoms with Gasteiger partial charge in [0.05, 0.1) is 21.9 Å². The molecule has 0 aliphatic carbocycles. The minimum absolute atomic E-state index is 0.0993. The number of hydrazine groups is 1. The summed E-state index contributed by atoms with van der Waals surface area (Å²) in [6, 6.07) is 14.9. The number of nitrogens with one attached hydrogen (secondary N) is 2. The summed E-state index contributed by atoms with van der Waals surface area (Å²) in [5, 5.41) is 11.1. The molecule has 31 heavy (non-hydrogen) atoms. The van der Waals surface area contributed by atoms with Crippen molar-refractivity contribution in [1.82, 2.24) is 30.2 Å². The number of carbonyl (C=O) groups excluding carboxylic acids is 2. The Kier molecular flexibility index (Phi) is 6.48. The predicted octanol–water partition coefficient (Wildman–Crippen LogP) is 3.37. The molecule has 0 bridgehead atoms. The Balaban J connectivity index is 1.35. The van der Waals surface area contributed by atoms with Gasteiger partial charge in [-0.05, 0) is 42.6 Å². The van der Waals surface area contributed by atoms with E-state index < -0.39 is 0 Å². The standard InChI is InChI=1S/C21H20N6O2S2/c1-2-27-19(17-10-7-13-30-17)23-25-21(27)31-14-18(28)22-24-20(29)15-8-3-4-9-16(15)26-11-5-6-12-26/h3-13H,2,14H2,1H3,(H,22,28)(H,24,29). The predicted molar refractivity (Wildman–Crippen MR) is 121 cm³/mol. The van der Waals surface area contributed by atoms with E-state index in [0.29, 0.717) is 17.3 Å². The van der Waals surface area contributed by atoms with Crippen LogP contribution < -0.4 is 10.9 Å². The van der Waals surface area contributed by atoms with Crippen LogP contribution in [0.2, 0.25) is 0 Å². The molecule has 0 aliphatic heterocycles. The van der Waals surface area contributed by atoms with Crippen LogP contribution in [0.5, 0.6) is 0 Å². The fourth-order valence-corrected chi connectivity index (χ4v) is 4.53. The molecule has 0 saturated carbocycles. The van der Waals surface area contributed by atoms with Gasteiger partial charge >= 0.3 is 0 Å². The lowest BCUT2D eigenvalue weighted by Crippen LogP contribution is -2.42. The molecule has 8 nitrogen and oxygen atoms in total. The van der Waals surface area contributed by atoms with E-state index in [1.54, 1.807) is 23.5 Å². The molecular weight excluding hydrogens is 432 g/mol. The Bertz CT molecular complexity index is 1170. The van der Waals surface area contributed by atoms with Gasteiger partial charge in [0.1, 0.15) is 0 Å². The number of hydrogen-bond donors (Lipinski definition) is 2. The highest BCUT2D eigenvalue weighted by Gasteiger charge is 2.16. The van der Waals surface area contributed by atoms with Crippen molar-refractivity contribution < 1.29 is 9.59 Å². The van der Waals surface area contributed by atoms with Crippen LogP contribution in [0.25, 0.3) is 16.4 Å². The number of thioether (sulfide) groups is 1. The smallest absolute Gasteiger partial charge is 0.271 e. The summed E-state index contributed by atoms with van der Waals surface area (Å²) in [6.07, 6.45) is 3.71. The molecule has 0 spiro atoms. The number of thiophene rings is 1. The highest BCUT2D eigenvalue weighted by atomic mass is 32.2. The molecule has 0 aliphatic rings. The largest absolute Gasteiger partial charge is 0.323 e. The van der Waals surface area contributed by atoms with E-state index in [1.807, 2.05) is 70.2 Å². The maximum Gasteiger partial charge on any atom is 0.271 e. The van der Waals surface area contributed by atoms with Crippen LogP contribution in [0.1, 0.15) is 17.3 Å². The van der Waals surface area contributed by atoms with Gasteiger partial charge in [0.15, 0.2) is 11.0 Å². The van der Waals surface area contributed by atoms with Crippen LogP contribution in [-0.4, -0.2) is 36.9 Å². The van der Waals surface area contributed by atoms with Gasteiger partial charge in [0.25, 0.3) is 5.91 Å². The van der Waals surface area contributed by atoms with Crippen molar-refractivity contribution in [2.75, 3.05) is 5.75 Å². The molecule has 158 valence electrons. The van der Waals surface area contributed by atoms with Crippen molar-refractivity contribution in [3.05, 3.63) is 71.9 Å². The van der Waals surface area contributed by atoms with Gasteiger partial charge in [-0.3, -0.25) is 20.4 Å². The second-order valence-electron chi connectivity index (χ2n) is 6.43. The first kappa shape index (κ1) is 20.9. The summed E-state index contributed by atoms with van der Waals surface area (Å²) < 4.78 is 3.81. The molecule has 4 aromatic rings. The van der Waals surface area contributed by atoms with Gasteiger partial charge in [0.2, 0.25) is 5.91 Å². The first-order valence-corrected chi connectivity index (χ1v) is 11.5. The van der Waals surface area contributed by atoms with E-state index >= 15 is 0 Å². The van der Waals surface area contributed by atoms with Gasteiger partial charge in [-0.25, -0.2) is 0 Å². The highest BCUT2D eigenvalue weighted by molar-refractivity contribution is 7.99. The number of aromatic nitrogens is 4. The first-order chi connectivity index (χ1) is 15.2. The molecule has 10 heteroatoms. The van der Waals surface area contributed by atoms with Crippen molar-refractivity contribution >= 4 is 34.9 Å². The summed E-state index contributed by atoms with van der Waals surface area (Å²) >= 11 is 2.86. The number of benzene rings is 1. The van der Waals surface area contributed by atoms with E-state index in [9.17, 15) is 9.59 Å². The van der Waals surface area contributed by atoms with Crippen LogP contribution in [0, 0.1) is 0 Å². The fraction of sp³-hybridized carbons (Fsp3) is 0.143. The van der Waals surface area contributed by atoms with Crippen molar-refractivity contribution in [2.24, 2.45) is 0 Å². The van der Waals surface area contributed by atoms with E-state index in [-0.39, 0.29) is 17.6 Å². The number of amides is 2. The number of carbonyl (C=O) groups is 2. The molecule has 2 N–H and O–H groups in total. The summed E-state index contributed by atoms with van der Waals surface area (Å²) in [6.45, 7) is 2.70. The van der Waals surface area contributed by atoms with Crippen molar-refractivity contribution in [2.45, 2.75) is 18.6 Å². The highest BCUT2D eigenvalue weighted by Crippen LogP contribution is 2.27. The molecule has 4 rings (SSSR count). The third-order valence-electron chi connectivity index (χ3n) is 4.45. The van der Waals surface area contributed by atoms with E-state index in [0.717, 1.165) is 16.4 Å². The second-order valence-corrected chi connectivity index (χ2v) is 8.32.